The fourth-order valence-electron chi connectivity index (χ4n) is 5.73. The Labute approximate surface area is 130 Å². The van der Waals surface area contributed by atoms with E-state index < -0.39 is 11.6 Å². The van der Waals surface area contributed by atoms with E-state index in [0.29, 0.717) is 24.7 Å². The molecule has 3 aliphatic carbocycles. The van der Waals surface area contributed by atoms with Gasteiger partial charge in [-0.25, -0.2) is 4.39 Å². The fourth-order valence-corrected chi connectivity index (χ4v) is 5.73. The van der Waals surface area contributed by atoms with E-state index >= 15 is 4.39 Å². The number of aromatic hydroxyl groups is 1. The molecule has 0 aromatic heterocycles. The summed E-state index contributed by atoms with van der Waals surface area (Å²) in [6.45, 7) is 4.18. The minimum absolute atomic E-state index is 0.108. The molecule has 4 rings (SSSR count). The molecule has 0 bridgehead atoms. The number of alkyl halides is 1. The predicted octanol–water partition coefficient (Wildman–Crippen LogP) is 4.01. The van der Waals surface area contributed by atoms with Gasteiger partial charge in [0.2, 0.25) is 0 Å². The topological polar surface area (TPSA) is 37.3 Å². The number of carbonyl (C=O) groups excluding carboxylic acids is 1. The highest BCUT2D eigenvalue weighted by molar-refractivity contribution is 5.87. The lowest BCUT2D eigenvalue weighted by molar-refractivity contribution is -0.132. The minimum atomic E-state index is -0.959. The first-order valence-corrected chi connectivity index (χ1v) is 8.41. The SMILES string of the molecule is CC1Cc2cc(O)ccc2C2C1C1CCC(=O)[C@@]1(C)C[C@@H]2F. The largest absolute Gasteiger partial charge is 0.508 e. The first kappa shape index (κ1) is 14.2. The molecule has 2 saturated carbocycles. The van der Waals surface area contributed by atoms with Crippen molar-refractivity contribution in [1.82, 2.24) is 0 Å². The molecule has 1 aromatic carbocycles. The van der Waals surface area contributed by atoms with Crippen molar-refractivity contribution in [3.05, 3.63) is 29.3 Å². The Hall–Kier alpha value is -1.38. The van der Waals surface area contributed by atoms with Crippen LogP contribution in [0.3, 0.4) is 0 Å². The average molecular weight is 302 g/mol. The first-order valence-electron chi connectivity index (χ1n) is 8.41. The summed E-state index contributed by atoms with van der Waals surface area (Å²) in [5, 5.41) is 9.72. The van der Waals surface area contributed by atoms with Gasteiger partial charge in [0, 0.05) is 17.8 Å². The molecule has 1 aromatic rings. The van der Waals surface area contributed by atoms with Crippen molar-refractivity contribution in [3.8, 4) is 5.75 Å². The van der Waals surface area contributed by atoms with Crippen molar-refractivity contribution < 1.29 is 14.3 Å². The lowest BCUT2D eigenvalue weighted by Gasteiger charge is -2.52. The van der Waals surface area contributed by atoms with Crippen molar-refractivity contribution in [2.75, 3.05) is 0 Å². The van der Waals surface area contributed by atoms with Crippen LogP contribution in [0.15, 0.2) is 18.2 Å². The van der Waals surface area contributed by atoms with E-state index in [1.54, 1.807) is 12.1 Å². The maximum atomic E-state index is 15.1. The molecule has 0 amide bonds. The number of ketones is 1. The van der Waals surface area contributed by atoms with Gasteiger partial charge in [-0.2, -0.15) is 0 Å². The normalized spacial score (nSPS) is 43.4. The third-order valence-corrected chi connectivity index (χ3v) is 6.71. The van der Waals surface area contributed by atoms with E-state index in [0.717, 1.165) is 24.0 Å². The Morgan fingerprint density at radius 2 is 2.14 bits per heavy atom. The molecule has 22 heavy (non-hydrogen) atoms. The van der Waals surface area contributed by atoms with Gasteiger partial charge in [0.25, 0.3) is 0 Å². The van der Waals surface area contributed by atoms with Crippen LogP contribution in [0.5, 0.6) is 5.75 Å². The number of phenolic OH excluding ortho intramolecular Hbond substituents is 1. The van der Waals surface area contributed by atoms with E-state index in [1.165, 1.54) is 0 Å². The van der Waals surface area contributed by atoms with Gasteiger partial charge < -0.3 is 5.11 Å². The van der Waals surface area contributed by atoms with E-state index in [1.807, 2.05) is 13.0 Å². The summed E-state index contributed by atoms with van der Waals surface area (Å²) < 4.78 is 15.1. The molecular weight excluding hydrogens is 279 g/mol. The van der Waals surface area contributed by atoms with Crippen molar-refractivity contribution in [2.24, 2.45) is 23.2 Å². The minimum Gasteiger partial charge on any atom is -0.508 e. The van der Waals surface area contributed by atoms with Gasteiger partial charge >= 0.3 is 0 Å². The zero-order valence-corrected chi connectivity index (χ0v) is 13.2. The summed E-state index contributed by atoms with van der Waals surface area (Å²) in [5.74, 6) is 1.33. The van der Waals surface area contributed by atoms with Gasteiger partial charge in [-0.1, -0.05) is 19.9 Å². The second kappa shape index (κ2) is 4.56. The van der Waals surface area contributed by atoms with Crippen molar-refractivity contribution in [1.29, 1.82) is 0 Å². The molecule has 0 spiro atoms. The highest BCUT2D eigenvalue weighted by Crippen LogP contribution is 2.61. The Morgan fingerprint density at radius 3 is 2.91 bits per heavy atom. The van der Waals surface area contributed by atoms with Gasteiger partial charge in [0.15, 0.2) is 0 Å². The van der Waals surface area contributed by atoms with E-state index in [-0.39, 0.29) is 23.4 Å². The molecule has 2 fully saturated rings. The molecule has 0 aliphatic heterocycles. The summed E-state index contributed by atoms with van der Waals surface area (Å²) in [4.78, 5) is 12.3. The maximum Gasteiger partial charge on any atom is 0.139 e. The predicted molar refractivity (Wildman–Crippen MR) is 82.6 cm³/mol. The smallest absolute Gasteiger partial charge is 0.139 e. The zero-order valence-electron chi connectivity index (χ0n) is 13.2. The van der Waals surface area contributed by atoms with Crippen LogP contribution in [-0.2, 0) is 11.2 Å². The van der Waals surface area contributed by atoms with Crippen LogP contribution >= 0.6 is 0 Å². The van der Waals surface area contributed by atoms with Gasteiger partial charge in [-0.3, -0.25) is 4.79 Å². The molecular formula is C19H23FO2. The van der Waals surface area contributed by atoms with Crippen molar-refractivity contribution in [3.63, 3.8) is 0 Å². The average Bonchev–Trinajstić information content (AvgIpc) is 2.74. The lowest BCUT2D eigenvalue weighted by atomic mass is 9.52. The van der Waals surface area contributed by atoms with Crippen LogP contribution in [-0.4, -0.2) is 17.1 Å². The number of benzene rings is 1. The van der Waals surface area contributed by atoms with Crippen LogP contribution in [0.4, 0.5) is 4.39 Å². The number of hydrogen-bond acceptors (Lipinski definition) is 2. The maximum absolute atomic E-state index is 15.1. The van der Waals surface area contributed by atoms with Gasteiger partial charge in [0.1, 0.15) is 17.7 Å². The first-order chi connectivity index (χ1) is 10.4. The van der Waals surface area contributed by atoms with Crippen LogP contribution in [0.25, 0.3) is 0 Å². The number of Topliss-reactive ketones (excluding diaryl/α,β-unsaturated/α-hetero) is 1. The van der Waals surface area contributed by atoms with Gasteiger partial charge in [-0.15, -0.1) is 0 Å². The number of hydrogen-bond donors (Lipinski definition) is 1. The number of phenols is 1. The zero-order chi connectivity index (χ0) is 15.6. The Balaban J connectivity index is 1.82. The second-order valence-electron chi connectivity index (χ2n) is 7.87. The quantitative estimate of drug-likeness (QED) is 0.786. The van der Waals surface area contributed by atoms with Crippen molar-refractivity contribution >= 4 is 5.78 Å². The fraction of sp³-hybridized carbons (Fsp3) is 0.632. The number of rotatable bonds is 0. The van der Waals surface area contributed by atoms with Crippen molar-refractivity contribution in [2.45, 2.75) is 51.6 Å². The molecule has 2 nitrogen and oxygen atoms in total. The van der Waals surface area contributed by atoms with E-state index in [2.05, 4.69) is 6.92 Å². The van der Waals surface area contributed by atoms with Crippen LogP contribution < -0.4 is 0 Å². The number of halogens is 1. The summed E-state index contributed by atoms with van der Waals surface area (Å²) in [6, 6.07) is 5.37. The third kappa shape index (κ3) is 1.74. The van der Waals surface area contributed by atoms with Gasteiger partial charge in [0.05, 0.1) is 0 Å². The summed E-state index contributed by atoms with van der Waals surface area (Å²) in [6.07, 6.45) is 1.82. The van der Waals surface area contributed by atoms with Crippen LogP contribution in [0, 0.1) is 23.2 Å². The Morgan fingerprint density at radius 1 is 1.36 bits per heavy atom. The van der Waals surface area contributed by atoms with Gasteiger partial charge in [-0.05, 0) is 60.3 Å². The summed E-state index contributed by atoms with van der Waals surface area (Å²) >= 11 is 0. The number of carbonyl (C=O) groups is 1. The van der Waals surface area contributed by atoms with Crippen LogP contribution in [0.2, 0.25) is 0 Å². The van der Waals surface area contributed by atoms with E-state index in [9.17, 15) is 9.90 Å². The van der Waals surface area contributed by atoms with E-state index in [4.69, 9.17) is 0 Å². The Kier molecular flexibility index (Phi) is 2.95. The molecule has 1 N–H and O–H groups in total. The highest BCUT2D eigenvalue weighted by Gasteiger charge is 2.59. The third-order valence-electron chi connectivity index (χ3n) is 6.71. The molecule has 3 heteroatoms. The molecule has 0 heterocycles. The monoisotopic (exact) mass is 302 g/mol. The molecule has 6 atom stereocenters. The summed E-state index contributed by atoms with van der Waals surface area (Å²) in [7, 11) is 0. The molecule has 3 aliphatic rings. The molecule has 118 valence electrons. The molecule has 0 radical (unpaired) electrons. The Bertz CT molecular complexity index is 640. The lowest BCUT2D eigenvalue weighted by Crippen LogP contribution is -2.50. The molecule has 4 unspecified atom stereocenters. The second-order valence-corrected chi connectivity index (χ2v) is 7.87. The summed E-state index contributed by atoms with van der Waals surface area (Å²) in [5.41, 5.74) is 1.70. The standard InChI is InChI=1S/C19H23FO2/c1-10-7-11-8-12(21)3-4-13(11)18-15(20)9-19(2)14(17(10)18)5-6-16(19)22/h3-4,8,10,14-15,17-18,21H,5-7,9H2,1-2H3/t10?,14?,15-,17?,18?,19-/m0/s1. The highest BCUT2D eigenvalue weighted by atomic mass is 19.1. The number of fused-ring (bicyclic) bond motifs is 5. The molecule has 0 saturated heterocycles. The van der Waals surface area contributed by atoms with Crippen LogP contribution in [0.1, 0.15) is 50.2 Å².